The fourth-order valence-electron chi connectivity index (χ4n) is 4.50. The van der Waals surface area contributed by atoms with Crippen LogP contribution >= 0.6 is 0 Å². The Kier molecular flexibility index (Phi) is 4.85. The fraction of sp³-hybridized carbons (Fsp3) is 0.600. The molecule has 0 saturated carbocycles. The van der Waals surface area contributed by atoms with Gasteiger partial charge in [0.15, 0.2) is 0 Å². The monoisotopic (exact) mass is 357 g/mol. The number of nitrogens with one attached hydrogen (secondary N) is 1. The van der Waals surface area contributed by atoms with Crippen molar-refractivity contribution in [3.8, 4) is 0 Å². The predicted molar refractivity (Wildman–Crippen MR) is 98.0 cm³/mol. The van der Waals surface area contributed by atoms with E-state index in [9.17, 15) is 9.59 Å². The molecule has 0 aliphatic carbocycles. The third kappa shape index (κ3) is 3.30. The fourth-order valence-corrected chi connectivity index (χ4v) is 4.50. The summed E-state index contributed by atoms with van der Waals surface area (Å²) < 4.78 is 5.78. The van der Waals surface area contributed by atoms with E-state index in [1.165, 1.54) is 0 Å². The van der Waals surface area contributed by atoms with Gasteiger partial charge in [-0.1, -0.05) is 18.2 Å². The van der Waals surface area contributed by atoms with Crippen molar-refractivity contribution in [1.29, 1.82) is 0 Å². The van der Waals surface area contributed by atoms with Crippen LogP contribution < -0.4 is 5.32 Å². The van der Waals surface area contributed by atoms with E-state index < -0.39 is 0 Å². The maximum absolute atomic E-state index is 12.8. The molecule has 1 spiro atoms. The zero-order chi connectivity index (χ0) is 18.0. The molecule has 3 amide bonds. The van der Waals surface area contributed by atoms with E-state index in [1.54, 1.807) is 0 Å². The topological polar surface area (TPSA) is 61.9 Å². The Hall–Kier alpha value is -2.08. The molecular formula is C20H27N3O3. The van der Waals surface area contributed by atoms with Gasteiger partial charge in [0, 0.05) is 49.8 Å². The van der Waals surface area contributed by atoms with Gasteiger partial charge in [0.05, 0.1) is 6.61 Å². The summed E-state index contributed by atoms with van der Waals surface area (Å²) in [5.41, 5.74) is 0.553. The molecule has 6 nitrogen and oxygen atoms in total. The highest BCUT2D eigenvalue weighted by atomic mass is 16.5. The number of amides is 3. The van der Waals surface area contributed by atoms with Gasteiger partial charge in [0.2, 0.25) is 0 Å². The molecule has 0 bridgehead atoms. The summed E-state index contributed by atoms with van der Waals surface area (Å²) in [4.78, 5) is 29.2. The Balaban J connectivity index is 1.45. The highest BCUT2D eigenvalue weighted by Crippen LogP contribution is 2.39. The number of ether oxygens (including phenoxy) is 1. The zero-order valence-electron chi connectivity index (χ0n) is 15.2. The molecule has 3 heterocycles. The lowest BCUT2D eigenvalue weighted by molar-refractivity contribution is -0.0243. The average Bonchev–Trinajstić information content (AvgIpc) is 3.35. The molecule has 1 N–H and O–H groups in total. The zero-order valence-corrected chi connectivity index (χ0v) is 15.2. The molecule has 3 saturated heterocycles. The first-order valence-electron chi connectivity index (χ1n) is 9.65. The Bertz CT molecular complexity index is 660. The molecule has 0 radical (unpaired) electrons. The summed E-state index contributed by atoms with van der Waals surface area (Å²) in [5.74, 6) is 0.0673. The minimum absolute atomic E-state index is 0.0432. The summed E-state index contributed by atoms with van der Waals surface area (Å²) in [6.45, 7) is 4.33. The lowest BCUT2D eigenvalue weighted by Crippen LogP contribution is -2.57. The van der Waals surface area contributed by atoms with Crippen LogP contribution in [0.3, 0.4) is 0 Å². The van der Waals surface area contributed by atoms with Gasteiger partial charge in [-0.15, -0.1) is 0 Å². The molecule has 3 fully saturated rings. The van der Waals surface area contributed by atoms with Crippen molar-refractivity contribution in [2.24, 2.45) is 5.41 Å². The minimum Gasteiger partial charge on any atom is -0.381 e. The average molecular weight is 357 g/mol. The van der Waals surface area contributed by atoms with Gasteiger partial charge in [-0.3, -0.25) is 4.79 Å². The molecule has 26 heavy (non-hydrogen) atoms. The second-order valence-electron chi connectivity index (χ2n) is 7.74. The van der Waals surface area contributed by atoms with E-state index in [2.05, 4.69) is 5.32 Å². The quantitative estimate of drug-likeness (QED) is 0.882. The van der Waals surface area contributed by atoms with Crippen LogP contribution in [0.1, 0.15) is 36.0 Å². The van der Waals surface area contributed by atoms with Gasteiger partial charge < -0.3 is 19.9 Å². The van der Waals surface area contributed by atoms with Crippen LogP contribution in [0.25, 0.3) is 0 Å². The van der Waals surface area contributed by atoms with E-state index in [4.69, 9.17) is 4.74 Å². The van der Waals surface area contributed by atoms with Crippen molar-refractivity contribution in [2.75, 3.05) is 39.4 Å². The summed E-state index contributed by atoms with van der Waals surface area (Å²) in [7, 11) is 0. The number of hydrogen-bond donors (Lipinski definition) is 1. The Labute approximate surface area is 154 Å². The first-order valence-corrected chi connectivity index (χ1v) is 9.65. The number of rotatable bonds is 2. The lowest BCUT2D eigenvalue weighted by Gasteiger charge is -2.41. The maximum Gasteiger partial charge on any atom is 0.317 e. The summed E-state index contributed by atoms with van der Waals surface area (Å²) in [6.07, 6.45) is 3.86. The van der Waals surface area contributed by atoms with Crippen LogP contribution in [0.2, 0.25) is 0 Å². The first kappa shape index (κ1) is 17.3. The molecule has 3 aliphatic rings. The highest BCUT2D eigenvalue weighted by Gasteiger charge is 2.48. The van der Waals surface area contributed by atoms with E-state index in [-0.39, 0.29) is 23.4 Å². The van der Waals surface area contributed by atoms with Crippen LogP contribution in [-0.2, 0) is 4.74 Å². The third-order valence-corrected chi connectivity index (χ3v) is 6.06. The molecule has 6 heteroatoms. The van der Waals surface area contributed by atoms with Gasteiger partial charge in [0.25, 0.3) is 5.91 Å². The smallest absolute Gasteiger partial charge is 0.317 e. The van der Waals surface area contributed by atoms with Crippen LogP contribution in [0.5, 0.6) is 0 Å². The Morgan fingerprint density at radius 2 is 1.85 bits per heavy atom. The SMILES string of the molecule is O=C(NC1CCOCC12CCN(C(=O)c1ccccc1)C2)N1CCCC1. The van der Waals surface area contributed by atoms with Crippen molar-refractivity contribution in [3.63, 3.8) is 0 Å². The molecule has 0 aromatic heterocycles. The van der Waals surface area contributed by atoms with E-state index in [1.807, 2.05) is 40.1 Å². The predicted octanol–water partition coefficient (Wildman–Crippen LogP) is 2.11. The standard InChI is InChI=1S/C20H27N3O3/c24-18(16-6-2-1-3-7-16)23-12-9-20(14-23)15-26-13-8-17(20)21-19(25)22-10-4-5-11-22/h1-3,6-7,17H,4-5,8-15H2,(H,21,25). The molecule has 2 atom stereocenters. The number of benzene rings is 1. The number of carbonyl (C=O) groups excluding carboxylic acids is 2. The molecular weight excluding hydrogens is 330 g/mol. The highest BCUT2D eigenvalue weighted by molar-refractivity contribution is 5.94. The van der Waals surface area contributed by atoms with Crippen molar-refractivity contribution in [2.45, 2.75) is 31.7 Å². The van der Waals surface area contributed by atoms with Gasteiger partial charge in [0.1, 0.15) is 0 Å². The molecule has 1 aromatic carbocycles. The van der Waals surface area contributed by atoms with Crippen molar-refractivity contribution < 1.29 is 14.3 Å². The Morgan fingerprint density at radius 1 is 1.08 bits per heavy atom. The number of hydrogen-bond acceptors (Lipinski definition) is 3. The normalized spacial score (nSPS) is 28.5. The molecule has 1 aromatic rings. The second-order valence-corrected chi connectivity index (χ2v) is 7.74. The molecule has 3 aliphatic heterocycles. The van der Waals surface area contributed by atoms with Crippen LogP contribution in [0.15, 0.2) is 30.3 Å². The second kappa shape index (κ2) is 7.27. The number of urea groups is 1. The first-order chi connectivity index (χ1) is 12.7. The van der Waals surface area contributed by atoms with Crippen molar-refractivity contribution in [3.05, 3.63) is 35.9 Å². The maximum atomic E-state index is 12.8. The largest absolute Gasteiger partial charge is 0.381 e. The van der Waals surface area contributed by atoms with Crippen molar-refractivity contribution >= 4 is 11.9 Å². The minimum atomic E-state index is -0.169. The van der Waals surface area contributed by atoms with Crippen LogP contribution in [0.4, 0.5) is 4.79 Å². The number of likely N-dealkylation sites (tertiary alicyclic amines) is 2. The number of carbonyl (C=O) groups is 2. The lowest BCUT2D eigenvalue weighted by atomic mass is 9.77. The van der Waals surface area contributed by atoms with Gasteiger partial charge in [-0.05, 0) is 37.8 Å². The van der Waals surface area contributed by atoms with Gasteiger partial charge in [-0.25, -0.2) is 4.79 Å². The van der Waals surface area contributed by atoms with Gasteiger partial charge >= 0.3 is 6.03 Å². The summed E-state index contributed by atoms with van der Waals surface area (Å²) in [6, 6.07) is 9.53. The third-order valence-electron chi connectivity index (χ3n) is 6.06. The van der Waals surface area contributed by atoms with E-state index in [0.717, 1.165) is 44.3 Å². The summed E-state index contributed by atoms with van der Waals surface area (Å²) in [5, 5.41) is 3.26. The van der Waals surface area contributed by atoms with E-state index in [0.29, 0.717) is 26.3 Å². The van der Waals surface area contributed by atoms with Crippen LogP contribution in [0, 0.1) is 5.41 Å². The number of nitrogens with zero attached hydrogens (tertiary/aromatic N) is 2. The van der Waals surface area contributed by atoms with Crippen molar-refractivity contribution in [1.82, 2.24) is 15.1 Å². The Morgan fingerprint density at radius 3 is 2.62 bits per heavy atom. The summed E-state index contributed by atoms with van der Waals surface area (Å²) >= 11 is 0. The molecule has 2 unspecified atom stereocenters. The van der Waals surface area contributed by atoms with Crippen LogP contribution in [-0.4, -0.2) is 67.2 Å². The molecule has 4 rings (SSSR count). The van der Waals surface area contributed by atoms with Gasteiger partial charge in [-0.2, -0.15) is 0 Å². The molecule has 140 valence electrons. The van der Waals surface area contributed by atoms with E-state index >= 15 is 0 Å².